The number of hydrazine groups is 1. The predicted molar refractivity (Wildman–Crippen MR) is 96.7 cm³/mol. The highest BCUT2D eigenvalue weighted by atomic mass is 32.2. The highest BCUT2D eigenvalue weighted by Crippen LogP contribution is 2.32. The standard InChI is InChI=1S/C16H14N2O7S2/c19-15-8-1-10-9-13(27(23,24)25)6-7-14(10)16(15)18-17-11-2-4-12(5-3-11)26(20,21)22/h1-9,17-19H,(H,20,21,22)(H,23,24,25)/p-1. The summed E-state index contributed by atoms with van der Waals surface area (Å²) in [4.78, 5) is -0.575. The van der Waals surface area contributed by atoms with Crippen LogP contribution in [0.3, 0.4) is 0 Å². The van der Waals surface area contributed by atoms with Gasteiger partial charge in [0, 0.05) is 5.39 Å². The normalized spacial score (nSPS) is 12.1. The Balaban J connectivity index is 1.91. The van der Waals surface area contributed by atoms with Crippen molar-refractivity contribution in [2.45, 2.75) is 9.79 Å². The number of benzene rings is 3. The number of anilines is 2. The summed E-state index contributed by atoms with van der Waals surface area (Å²) in [6.07, 6.45) is 0. The smallest absolute Gasteiger partial charge is 0.294 e. The molecule has 9 nitrogen and oxygen atoms in total. The molecule has 0 heterocycles. The minimum Gasteiger partial charge on any atom is -0.871 e. The Morgan fingerprint density at radius 1 is 0.741 bits per heavy atom. The molecule has 27 heavy (non-hydrogen) atoms. The first-order valence-electron chi connectivity index (χ1n) is 7.36. The molecule has 11 heteroatoms. The molecule has 142 valence electrons. The largest absolute Gasteiger partial charge is 0.871 e. The van der Waals surface area contributed by atoms with Crippen molar-refractivity contribution in [1.82, 2.24) is 0 Å². The number of hydrogen-bond acceptors (Lipinski definition) is 7. The van der Waals surface area contributed by atoms with Crippen LogP contribution in [0, 0.1) is 0 Å². The Kier molecular flexibility index (Phi) is 4.70. The van der Waals surface area contributed by atoms with Crippen molar-refractivity contribution in [1.29, 1.82) is 0 Å². The van der Waals surface area contributed by atoms with E-state index < -0.39 is 20.2 Å². The van der Waals surface area contributed by atoms with Crippen LogP contribution in [0.4, 0.5) is 11.4 Å². The van der Waals surface area contributed by atoms with Gasteiger partial charge in [-0.2, -0.15) is 16.8 Å². The first-order valence-corrected chi connectivity index (χ1v) is 10.2. The van der Waals surface area contributed by atoms with Gasteiger partial charge in [0.2, 0.25) is 0 Å². The zero-order valence-electron chi connectivity index (χ0n) is 13.4. The topological polar surface area (TPSA) is 156 Å². The van der Waals surface area contributed by atoms with E-state index in [9.17, 15) is 21.9 Å². The van der Waals surface area contributed by atoms with E-state index in [0.717, 1.165) is 0 Å². The molecule has 0 aliphatic carbocycles. The molecule has 0 saturated heterocycles. The molecule has 0 aromatic heterocycles. The van der Waals surface area contributed by atoms with E-state index in [0.29, 0.717) is 16.5 Å². The molecule has 0 fully saturated rings. The lowest BCUT2D eigenvalue weighted by atomic mass is 10.1. The fourth-order valence-corrected chi connectivity index (χ4v) is 3.42. The van der Waals surface area contributed by atoms with E-state index in [2.05, 4.69) is 10.9 Å². The lowest BCUT2D eigenvalue weighted by molar-refractivity contribution is -0.266. The molecular weight excluding hydrogens is 396 g/mol. The van der Waals surface area contributed by atoms with Gasteiger partial charge in [-0.1, -0.05) is 23.9 Å². The lowest BCUT2D eigenvalue weighted by Crippen LogP contribution is -2.11. The second-order valence-electron chi connectivity index (χ2n) is 5.55. The van der Waals surface area contributed by atoms with Crippen LogP contribution < -0.4 is 16.0 Å². The van der Waals surface area contributed by atoms with Crippen molar-refractivity contribution in [2.75, 3.05) is 10.9 Å². The zero-order chi connectivity index (χ0) is 19.8. The van der Waals surface area contributed by atoms with E-state index in [1.165, 1.54) is 54.6 Å². The highest BCUT2D eigenvalue weighted by molar-refractivity contribution is 7.86. The SMILES string of the molecule is O=S(=O)(O)c1ccc(NNc2c([O-])ccc3cc(S(=O)(=O)O)ccc23)cc1. The van der Waals surface area contributed by atoms with Crippen LogP contribution in [-0.2, 0) is 20.2 Å². The van der Waals surface area contributed by atoms with Crippen molar-refractivity contribution >= 4 is 42.4 Å². The maximum atomic E-state index is 12.1. The van der Waals surface area contributed by atoms with Gasteiger partial charge >= 0.3 is 0 Å². The molecule has 0 unspecified atom stereocenters. The zero-order valence-corrected chi connectivity index (χ0v) is 15.1. The minimum atomic E-state index is -4.37. The van der Waals surface area contributed by atoms with Gasteiger partial charge in [-0.05, 0) is 41.8 Å². The summed E-state index contributed by atoms with van der Waals surface area (Å²) in [6, 6.07) is 11.6. The molecule has 0 amide bonds. The van der Waals surface area contributed by atoms with Crippen molar-refractivity contribution < 1.29 is 31.0 Å². The predicted octanol–water partition coefficient (Wildman–Crippen LogP) is 1.85. The Labute approximate surface area is 154 Å². The first-order chi connectivity index (χ1) is 12.6. The van der Waals surface area contributed by atoms with Crippen LogP contribution in [0.5, 0.6) is 5.75 Å². The molecule has 4 N–H and O–H groups in total. The fourth-order valence-electron chi connectivity index (χ4n) is 2.42. The molecule has 0 bridgehead atoms. The van der Waals surface area contributed by atoms with Gasteiger partial charge < -0.3 is 16.0 Å². The second-order valence-corrected chi connectivity index (χ2v) is 8.39. The summed E-state index contributed by atoms with van der Waals surface area (Å²) in [7, 11) is -8.68. The Morgan fingerprint density at radius 3 is 1.93 bits per heavy atom. The van der Waals surface area contributed by atoms with Crippen LogP contribution >= 0.6 is 0 Å². The molecule has 3 rings (SSSR count). The van der Waals surface area contributed by atoms with Crippen molar-refractivity contribution in [3.63, 3.8) is 0 Å². The highest BCUT2D eigenvalue weighted by Gasteiger charge is 2.12. The van der Waals surface area contributed by atoms with Crippen LogP contribution in [0.15, 0.2) is 64.4 Å². The number of rotatable bonds is 5. The maximum Gasteiger partial charge on any atom is 0.294 e. The number of fused-ring (bicyclic) bond motifs is 1. The summed E-state index contributed by atoms with van der Waals surface area (Å²) in [5.74, 6) is -0.371. The third kappa shape index (κ3) is 4.11. The molecule has 0 radical (unpaired) electrons. The monoisotopic (exact) mass is 409 g/mol. The van der Waals surface area contributed by atoms with Crippen molar-refractivity contribution in [3.8, 4) is 5.75 Å². The summed E-state index contributed by atoms with van der Waals surface area (Å²) in [5, 5.41) is 13.0. The third-order valence-electron chi connectivity index (χ3n) is 3.73. The average molecular weight is 409 g/mol. The Bertz CT molecular complexity index is 1220. The van der Waals surface area contributed by atoms with Gasteiger partial charge in [-0.25, -0.2) is 0 Å². The molecule has 0 spiro atoms. The minimum absolute atomic E-state index is 0.133. The number of nitrogens with one attached hydrogen (secondary N) is 2. The molecule has 0 atom stereocenters. The Hall–Kier alpha value is -2.86. The molecule has 0 aliphatic rings. The molecule has 3 aromatic rings. The quantitative estimate of drug-likeness (QED) is 0.365. The molecule has 0 saturated carbocycles. The van der Waals surface area contributed by atoms with Crippen LogP contribution in [0.1, 0.15) is 0 Å². The van der Waals surface area contributed by atoms with E-state index in [-0.39, 0.29) is 21.2 Å². The van der Waals surface area contributed by atoms with E-state index in [1.54, 1.807) is 0 Å². The molecule has 0 aliphatic heterocycles. The van der Waals surface area contributed by atoms with Crippen LogP contribution in [0.25, 0.3) is 10.8 Å². The second kappa shape index (κ2) is 6.70. The van der Waals surface area contributed by atoms with Gasteiger partial charge in [0.1, 0.15) is 0 Å². The summed E-state index contributed by atoms with van der Waals surface area (Å²) < 4.78 is 62.6. The molecule has 3 aromatic carbocycles. The first kappa shape index (κ1) is 18.9. The van der Waals surface area contributed by atoms with E-state index in [1.807, 2.05) is 0 Å². The summed E-state index contributed by atoms with van der Waals surface area (Å²) in [6.45, 7) is 0. The summed E-state index contributed by atoms with van der Waals surface area (Å²) in [5.41, 5.74) is 5.97. The average Bonchev–Trinajstić information content (AvgIpc) is 2.59. The third-order valence-corrected chi connectivity index (χ3v) is 5.45. The van der Waals surface area contributed by atoms with Crippen molar-refractivity contribution in [3.05, 3.63) is 54.6 Å². The number of hydrogen-bond donors (Lipinski definition) is 4. The van der Waals surface area contributed by atoms with Gasteiger partial charge in [0.15, 0.2) is 0 Å². The van der Waals surface area contributed by atoms with Gasteiger partial charge in [-0.15, -0.1) is 0 Å². The van der Waals surface area contributed by atoms with Crippen LogP contribution in [0.2, 0.25) is 0 Å². The lowest BCUT2D eigenvalue weighted by Gasteiger charge is -2.19. The Morgan fingerprint density at radius 2 is 1.33 bits per heavy atom. The van der Waals surface area contributed by atoms with E-state index >= 15 is 0 Å². The summed E-state index contributed by atoms with van der Waals surface area (Å²) >= 11 is 0. The fraction of sp³-hybridized carbons (Fsp3) is 0. The van der Waals surface area contributed by atoms with Crippen LogP contribution in [-0.4, -0.2) is 25.9 Å². The van der Waals surface area contributed by atoms with Gasteiger partial charge in [0.25, 0.3) is 20.2 Å². The van der Waals surface area contributed by atoms with Crippen molar-refractivity contribution in [2.24, 2.45) is 0 Å². The maximum absolute atomic E-state index is 12.1. The van der Waals surface area contributed by atoms with Gasteiger partial charge in [-0.3, -0.25) is 9.11 Å². The molecular formula is C16H13N2O7S2-. The van der Waals surface area contributed by atoms with E-state index in [4.69, 9.17) is 9.11 Å². The van der Waals surface area contributed by atoms with Gasteiger partial charge in [0.05, 0.1) is 21.2 Å².